The molecule has 4 nitrogen and oxygen atoms in total. The predicted octanol–water partition coefficient (Wildman–Crippen LogP) is 2.47. The fraction of sp³-hybridized carbons (Fsp3) is 0.375. The number of carbonyl (C=O) groups excluding carboxylic acids is 1. The van der Waals surface area contributed by atoms with Crippen LogP contribution in [0.3, 0.4) is 0 Å². The van der Waals surface area contributed by atoms with Crippen LogP contribution >= 0.6 is 0 Å². The summed E-state index contributed by atoms with van der Waals surface area (Å²) in [4.78, 5) is 16.4. The highest BCUT2D eigenvalue weighted by Gasteiger charge is 2.13. The average molecular weight is 272 g/mol. The van der Waals surface area contributed by atoms with E-state index in [1.165, 1.54) is 0 Å². The Bertz CT molecular complexity index is 629. The van der Waals surface area contributed by atoms with Crippen molar-refractivity contribution in [3.8, 4) is 11.3 Å². The predicted molar refractivity (Wildman–Crippen MR) is 78.4 cm³/mol. The summed E-state index contributed by atoms with van der Waals surface area (Å²) in [5.74, 6) is -0.239. The molecule has 1 aliphatic carbocycles. The van der Waals surface area contributed by atoms with E-state index < -0.39 is 0 Å². The SMILES string of the molecule is CCOC(=O)Cn1c2cccccc-2cc1=NC(C)C. The van der Waals surface area contributed by atoms with Crippen molar-refractivity contribution < 1.29 is 9.53 Å². The highest BCUT2D eigenvalue weighted by atomic mass is 16.5. The summed E-state index contributed by atoms with van der Waals surface area (Å²) in [6.07, 6.45) is 0. The first-order chi connectivity index (χ1) is 9.61. The van der Waals surface area contributed by atoms with E-state index >= 15 is 0 Å². The van der Waals surface area contributed by atoms with E-state index in [2.05, 4.69) is 4.99 Å². The Kier molecular flexibility index (Phi) is 4.56. The Balaban J connectivity index is 2.53. The lowest BCUT2D eigenvalue weighted by atomic mass is 10.2. The van der Waals surface area contributed by atoms with Gasteiger partial charge >= 0.3 is 5.97 Å². The van der Waals surface area contributed by atoms with Gasteiger partial charge in [-0.2, -0.15) is 0 Å². The summed E-state index contributed by atoms with van der Waals surface area (Å²) in [7, 11) is 0. The number of hydrogen-bond acceptors (Lipinski definition) is 3. The van der Waals surface area contributed by atoms with Gasteiger partial charge in [0.25, 0.3) is 0 Å². The summed E-state index contributed by atoms with van der Waals surface area (Å²) in [6.45, 7) is 6.43. The maximum absolute atomic E-state index is 11.8. The zero-order valence-corrected chi connectivity index (χ0v) is 12.2. The minimum Gasteiger partial charge on any atom is -0.465 e. The zero-order valence-electron chi connectivity index (χ0n) is 12.2. The van der Waals surface area contributed by atoms with Crippen LogP contribution in [0.2, 0.25) is 0 Å². The van der Waals surface area contributed by atoms with Crippen molar-refractivity contribution in [2.45, 2.75) is 33.4 Å². The molecule has 1 aliphatic heterocycles. The summed E-state index contributed by atoms with van der Waals surface area (Å²) in [5.41, 5.74) is 2.87. The average Bonchev–Trinajstić information content (AvgIpc) is 2.57. The molecule has 0 bridgehead atoms. The Labute approximate surface area is 119 Å². The van der Waals surface area contributed by atoms with Crippen molar-refractivity contribution in [1.82, 2.24) is 4.57 Å². The molecule has 0 aromatic carbocycles. The monoisotopic (exact) mass is 272 g/mol. The van der Waals surface area contributed by atoms with Crippen LogP contribution in [-0.4, -0.2) is 23.2 Å². The molecule has 0 saturated heterocycles. The van der Waals surface area contributed by atoms with E-state index in [-0.39, 0.29) is 18.6 Å². The molecule has 0 aromatic rings. The number of esters is 1. The first-order valence-electron chi connectivity index (χ1n) is 6.90. The third kappa shape index (κ3) is 3.26. The molecule has 106 valence electrons. The lowest BCUT2D eigenvalue weighted by Gasteiger charge is -2.07. The molecule has 0 N–H and O–H groups in total. The van der Waals surface area contributed by atoms with E-state index in [9.17, 15) is 4.79 Å². The number of ether oxygens (including phenoxy) is 1. The Morgan fingerprint density at radius 3 is 2.75 bits per heavy atom. The molecule has 0 atom stereocenters. The van der Waals surface area contributed by atoms with Crippen LogP contribution in [-0.2, 0) is 16.1 Å². The number of fused-ring (bicyclic) bond motifs is 1. The highest BCUT2D eigenvalue weighted by molar-refractivity contribution is 5.71. The third-order valence-corrected chi connectivity index (χ3v) is 2.88. The van der Waals surface area contributed by atoms with Gasteiger partial charge < -0.3 is 9.30 Å². The second-order valence-corrected chi connectivity index (χ2v) is 4.87. The topological polar surface area (TPSA) is 43.6 Å². The quantitative estimate of drug-likeness (QED) is 0.802. The molecular formula is C16H20N2O2. The van der Waals surface area contributed by atoms with Gasteiger partial charge in [-0.05, 0) is 32.9 Å². The normalized spacial score (nSPS) is 12.1. The molecule has 0 amide bonds. The molecule has 0 unspecified atom stereocenters. The molecule has 4 heteroatoms. The summed E-state index contributed by atoms with van der Waals surface area (Å²) in [5, 5.41) is 0. The van der Waals surface area contributed by atoms with Crippen LogP contribution in [0.15, 0.2) is 41.4 Å². The molecule has 0 spiro atoms. The molecule has 1 heterocycles. The van der Waals surface area contributed by atoms with E-state index in [0.29, 0.717) is 6.61 Å². The first kappa shape index (κ1) is 14.3. The molecule has 2 rings (SSSR count). The van der Waals surface area contributed by atoms with Gasteiger partial charge in [-0.3, -0.25) is 9.79 Å². The van der Waals surface area contributed by atoms with E-state index in [4.69, 9.17) is 4.74 Å². The van der Waals surface area contributed by atoms with Gasteiger partial charge in [-0.1, -0.05) is 24.3 Å². The number of hydrogen-bond donors (Lipinski definition) is 0. The van der Waals surface area contributed by atoms with Crippen LogP contribution < -0.4 is 5.49 Å². The molecule has 0 fully saturated rings. The molecule has 0 radical (unpaired) electrons. The number of aromatic nitrogens is 1. The van der Waals surface area contributed by atoms with Crippen molar-refractivity contribution in [3.05, 3.63) is 41.9 Å². The van der Waals surface area contributed by atoms with Gasteiger partial charge in [0, 0.05) is 11.6 Å². The fourth-order valence-corrected chi connectivity index (χ4v) is 2.13. The number of rotatable bonds is 4. The van der Waals surface area contributed by atoms with Gasteiger partial charge in [0.15, 0.2) is 0 Å². The zero-order chi connectivity index (χ0) is 14.5. The van der Waals surface area contributed by atoms with E-state index in [1.54, 1.807) is 0 Å². The summed E-state index contributed by atoms with van der Waals surface area (Å²) in [6, 6.07) is 12.1. The maximum Gasteiger partial charge on any atom is 0.326 e. The number of nitrogens with zero attached hydrogens (tertiary/aromatic N) is 2. The lowest BCUT2D eigenvalue weighted by molar-refractivity contribution is -0.143. The van der Waals surface area contributed by atoms with E-state index in [1.807, 2.05) is 61.7 Å². The van der Waals surface area contributed by atoms with Crippen LogP contribution in [0.5, 0.6) is 0 Å². The van der Waals surface area contributed by atoms with Gasteiger partial charge in [-0.25, -0.2) is 0 Å². The van der Waals surface area contributed by atoms with E-state index in [0.717, 1.165) is 16.7 Å². The van der Waals surface area contributed by atoms with Crippen molar-refractivity contribution in [3.63, 3.8) is 0 Å². The molecule has 0 aromatic heterocycles. The Morgan fingerprint density at radius 1 is 1.30 bits per heavy atom. The standard InChI is InChI=1S/C16H20N2O2/c1-4-20-16(19)11-18-14-9-7-5-6-8-13(14)10-15(18)17-12(2)3/h5-10,12H,4,11H2,1-3H3. The third-order valence-electron chi connectivity index (χ3n) is 2.88. The first-order valence-corrected chi connectivity index (χ1v) is 6.90. The van der Waals surface area contributed by atoms with Crippen molar-refractivity contribution in [2.24, 2.45) is 4.99 Å². The number of carbonyl (C=O) groups is 1. The van der Waals surface area contributed by atoms with Gasteiger partial charge in [0.1, 0.15) is 12.0 Å². The molecule has 0 saturated carbocycles. The minimum atomic E-state index is -0.239. The summed E-state index contributed by atoms with van der Waals surface area (Å²) >= 11 is 0. The maximum atomic E-state index is 11.8. The largest absolute Gasteiger partial charge is 0.465 e. The van der Waals surface area contributed by atoms with Gasteiger partial charge in [0.2, 0.25) is 0 Å². The fourth-order valence-electron chi connectivity index (χ4n) is 2.13. The molecule has 20 heavy (non-hydrogen) atoms. The van der Waals surface area contributed by atoms with Crippen molar-refractivity contribution >= 4 is 5.97 Å². The van der Waals surface area contributed by atoms with Gasteiger partial charge in [-0.15, -0.1) is 0 Å². The second-order valence-electron chi connectivity index (χ2n) is 4.87. The van der Waals surface area contributed by atoms with Crippen LogP contribution in [0, 0.1) is 0 Å². The van der Waals surface area contributed by atoms with Crippen LogP contribution in [0.4, 0.5) is 0 Å². The highest BCUT2D eigenvalue weighted by Crippen LogP contribution is 2.18. The minimum absolute atomic E-state index is 0.175. The smallest absolute Gasteiger partial charge is 0.326 e. The Hall–Kier alpha value is -2.10. The van der Waals surface area contributed by atoms with Crippen LogP contribution in [0.1, 0.15) is 20.8 Å². The second kappa shape index (κ2) is 6.37. The summed E-state index contributed by atoms with van der Waals surface area (Å²) < 4.78 is 6.96. The Morgan fingerprint density at radius 2 is 2.05 bits per heavy atom. The van der Waals surface area contributed by atoms with Crippen molar-refractivity contribution in [1.29, 1.82) is 0 Å². The molecular weight excluding hydrogens is 252 g/mol. The lowest BCUT2D eigenvalue weighted by Crippen LogP contribution is -2.24. The van der Waals surface area contributed by atoms with Gasteiger partial charge in [0.05, 0.1) is 12.3 Å². The molecule has 2 aliphatic rings. The van der Waals surface area contributed by atoms with Crippen LogP contribution in [0.25, 0.3) is 11.3 Å². The van der Waals surface area contributed by atoms with Crippen molar-refractivity contribution in [2.75, 3.05) is 6.61 Å².